The first-order valence-corrected chi connectivity index (χ1v) is 5.15. The molecule has 1 rings (SSSR count). The summed E-state index contributed by atoms with van der Waals surface area (Å²) in [4.78, 5) is 10.5. The van der Waals surface area contributed by atoms with E-state index in [0.29, 0.717) is 12.3 Å². The van der Waals surface area contributed by atoms with Crippen LogP contribution in [0.25, 0.3) is 0 Å². The van der Waals surface area contributed by atoms with Gasteiger partial charge < -0.3 is 10.8 Å². The Bertz CT molecular complexity index is 186. The molecule has 1 aliphatic rings. The van der Waals surface area contributed by atoms with Crippen LogP contribution in [0.15, 0.2) is 0 Å². The fourth-order valence-corrected chi connectivity index (χ4v) is 2.31. The van der Waals surface area contributed by atoms with Crippen molar-refractivity contribution in [1.82, 2.24) is 0 Å². The molecule has 2 unspecified atom stereocenters. The molecule has 0 amide bonds. The highest BCUT2D eigenvalue weighted by Gasteiger charge is 2.24. The lowest BCUT2D eigenvalue weighted by molar-refractivity contribution is -0.139. The summed E-state index contributed by atoms with van der Waals surface area (Å²) in [5, 5.41) is 8.84. The SMILES string of the molecule is N[C@@H](CC1CCCC(Cl)C1)C(=O)O. The van der Waals surface area contributed by atoms with Gasteiger partial charge in [0.25, 0.3) is 0 Å². The third-order valence-electron chi connectivity index (χ3n) is 2.62. The number of hydrogen-bond donors (Lipinski definition) is 2. The first kappa shape index (κ1) is 10.8. The molecule has 0 aromatic carbocycles. The maximum Gasteiger partial charge on any atom is 0.320 e. The van der Waals surface area contributed by atoms with Gasteiger partial charge in [-0.3, -0.25) is 4.79 Å². The Labute approximate surface area is 83.3 Å². The Morgan fingerprint density at radius 3 is 2.85 bits per heavy atom. The largest absolute Gasteiger partial charge is 0.480 e. The average Bonchev–Trinajstić information content (AvgIpc) is 2.04. The van der Waals surface area contributed by atoms with Crippen molar-refractivity contribution in [2.75, 3.05) is 0 Å². The van der Waals surface area contributed by atoms with Crippen molar-refractivity contribution >= 4 is 17.6 Å². The van der Waals surface area contributed by atoms with E-state index >= 15 is 0 Å². The van der Waals surface area contributed by atoms with Crippen molar-refractivity contribution in [3.8, 4) is 0 Å². The van der Waals surface area contributed by atoms with Gasteiger partial charge in [0.15, 0.2) is 0 Å². The molecule has 0 aromatic rings. The third kappa shape index (κ3) is 3.53. The molecule has 0 aromatic heterocycles. The number of alkyl halides is 1. The van der Waals surface area contributed by atoms with Gasteiger partial charge >= 0.3 is 5.97 Å². The molecule has 3 nitrogen and oxygen atoms in total. The lowest BCUT2D eigenvalue weighted by Gasteiger charge is -2.26. The summed E-state index contributed by atoms with van der Waals surface area (Å²) in [7, 11) is 0. The summed E-state index contributed by atoms with van der Waals surface area (Å²) in [5.74, 6) is -0.501. The predicted octanol–water partition coefficient (Wildman–Crippen LogP) is 1.59. The van der Waals surface area contributed by atoms with E-state index in [1.54, 1.807) is 0 Å². The Hall–Kier alpha value is -0.280. The Morgan fingerprint density at radius 1 is 1.62 bits per heavy atom. The van der Waals surface area contributed by atoms with Gasteiger partial charge in [0.05, 0.1) is 0 Å². The Balaban J connectivity index is 2.31. The summed E-state index contributed by atoms with van der Waals surface area (Å²) in [6.45, 7) is 0. The van der Waals surface area contributed by atoms with Crippen LogP contribution in [0.2, 0.25) is 0 Å². The van der Waals surface area contributed by atoms with Crippen LogP contribution in [0.4, 0.5) is 0 Å². The van der Waals surface area contributed by atoms with Crippen LogP contribution in [-0.4, -0.2) is 22.5 Å². The van der Waals surface area contributed by atoms with Crippen LogP contribution in [0.5, 0.6) is 0 Å². The Morgan fingerprint density at radius 2 is 2.31 bits per heavy atom. The summed E-state index contributed by atoms with van der Waals surface area (Å²) >= 11 is 5.99. The van der Waals surface area contributed by atoms with E-state index in [4.69, 9.17) is 22.4 Å². The molecular formula is C9H16ClNO2. The zero-order chi connectivity index (χ0) is 9.84. The number of carboxylic acids is 1. The van der Waals surface area contributed by atoms with Crippen molar-refractivity contribution in [3.63, 3.8) is 0 Å². The van der Waals surface area contributed by atoms with Crippen molar-refractivity contribution < 1.29 is 9.90 Å². The van der Waals surface area contributed by atoms with Gasteiger partial charge in [0.2, 0.25) is 0 Å². The predicted molar refractivity (Wildman–Crippen MR) is 51.8 cm³/mol. The van der Waals surface area contributed by atoms with Gasteiger partial charge in [-0.2, -0.15) is 0 Å². The van der Waals surface area contributed by atoms with Crippen molar-refractivity contribution in [2.45, 2.75) is 43.5 Å². The quantitative estimate of drug-likeness (QED) is 0.688. The summed E-state index contributed by atoms with van der Waals surface area (Å²) in [5.41, 5.74) is 5.45. The topological polar surface area (TPSA) is 63.3 Å². The number of halogens is 1. The summed E-state index contributed by atoms with van der Waals surface area (Å²) in [6, 6.07) is -0.716. The van der Waals surface area contributed by atoms with E-state index in [1.807, 2.05) is 0 Å². The number of rotatable bonds is 3. The van der Waals surface area contributed by atoms with Gasteiger partial charge in [0, 0.05) is 5.38 Å². The average molecular weight is 206 g/mol. The van der Waals surface area contributed by atoms with Gasteiger partial charge in [-0.15, -0.1) is 11.6 Å². The highest BCUT2D eigenvalue weighted by molar-refractivity contribution is 6.20. The van der Waals surface area contributed by atoms with E-state index < -0.39 is 12.0 Å². The van der Waals surface area contributed by atoms with Crippen LogP contribution in [0.1, 0.15) is 32.1 Å². The second-order valence-electron chi connectivity index (χ2n) is 3.81. The first-order chi connectivity index (χ1) is 6.09. The fourth-order valence-electron chi connectivity index (χ4n) is 1.90. The Kier molecular flexibility index (Phi) is 4.00. The van der Waals surface area contributed by atoms with Crippen LogP contribution >= 0.6 is 11.6 Å². The molecule has 1 saturated carbocycles. The van der Waals surface area contributed by atoms with E-state index in [0.717, 1.165) is 25.7 Å². The molecular weight excluding hydrogens is 190 g/mol. The van der Waals surface area contributed by atoms with Crippen molar-refractivity contribution in [2.24, 2.45) is 11.7 Å². The van der Waals surface area contributed by atoms with Gasteiger partial charge in [-0.1, -0.05) is 12.8 Å². The molecule has 0 heterocycles. The first-order valence-electron chi connectivity index (χ1n) is 4.72. The van der Waals surface area contributed by atoms with Crippen LogP contribution in [0, 0.1) is 5.92 Å². The molecule has 3 atom stereocenters. The number of aliphatic carboxylic acids is 1. The third-order valence-corrected chi connectivity index (χ3v) is 3.02. The minimum absolute atomic E-state index is 0.222. The molecule has 0 radical (unpaired) electrons. The summed E-state index contributed by atoms with van der Waals surface area (Å²) < 4.78 is 0. The second kappa shape index (κ2) is 4.82. The number of nitrogens with two attached hydrogens (primary N) is 1. The lowest BCUT2D eigenvalue weighted by atomic mass is 9.84. The minimum Gasteiger partial charge on any atom is -0.480 e. The molecule has 0 spiro atoms. The standard InChI is InChI=1S/C9H16ClNO2/c10-7-3-1-2-6(4-7)5-8(11)9(12)13/h6-8H,1-5,11H2,(H,12,13)/t6?,7?,8-/m0/s1. The molecule has 0 saturated heterocycles. The normalized spacial score (nSPS) is 31.2. The molecule has 4 heteroatoms. The number of carboxylic acid groups (broad SMARTS) is 1. The van der Waals surface area contributed by atoms with Crippen molar-refractivity contribution in [3.05, 3.63) is 0 Å². The molecule has 13 heavy (non-hydrogen) atoms. The van der Waals surface area contributed by atoms with Gasteiger partial charge in [-0.05, 0) is 25.2 Å². The zero-order valence-electron chi connectivity index (χ0n) is 7.58. The maximum atomic E-state index is 10.5. The highest BCUT2D eigenvalue weighted by Crippen LogP contribution is 2.30. The van der Waals surface area contributed by atoms with Gasteiger partial charge in [0.1, 0.15) is 6.04 Å². The van der Waals surface area contributed by atoms with E-state index in [-0.39, 0.29) is 5.38 Å². The monoisotopic (exact) mass is 205 g/mol. The van der Waals surface area contributed by atoms with Crippen LogP contribution in [0.3, 0.4) is 0 Å². The fraction of sp³-hybridized carbons (Fsp3) is 0.889. The zero-order valence-corrected chi connectivity index (χ0v) is 8.33. The van der Waals surface area contributed by atoms with E-state index in [1.165, 1.54) is 0 Å². The van der Waals surface area contributed by atoms with Gasteiger partial charge in [-0.25, -0.2) is 0 Å². The van der Waals surface area contributed by atoms with E-state index in [9.17, 15) is 4.79 Å². The maximum absolute atomic E-state index is 10.5. The molecule has 3 N–H and O–H groups in total. The highest BCUT2D eigenvalue weighted by atomic mass is 35.5. The van der Waals surface area contributed by atoms with Crippen molar-refractivity contribution in [1.29, 1.82) is 0 Å². The number of hydrogen-bond acceptors (Lipinski definition) is 2. The molecule has 76 valence electrons. The van der Waals surface area contributed by atoms with Crippen LogP contribution in [-0.2, 0) is 4.79 Å². The summed E-state index contributed by atoms with van der Waals surface area (Å²) in [6.07, 6.45) is 4.72. The van der Waals surface area contributed by atoms with E-state index in [2.05, 4.69) is 0 Å². The molecule has 1 fully saturated rings. The lowest BCUT2D eigenvalue weighted by Crippen LogP contribution is -2.33. The number of carbonyl (C=O) groups is 1. The second-order valence-corrected chi connectivity index (χ2v) is 4.43. The minimum atomic E-state index is -0.906. The molecule has 0 bridgehead atoms. The van der Waals surface area contributed by atoms with Crippen LogP contribution < -0.4 is 5.73 Å². The molecule has 1 aliphatic carbocycles. The molecule has 0 aliphatic heterocycles. The smallest absolute Gasteiger partial charge is 0.320 e.